The molecule has 0 aromatic carbocycles. The molecule has 3 nitrogen and oxygen atoms in total. The maximum Gasteiger partial charge on any atom is 0.0555 e. The van der Waals surface area contributed by atoms with Crippen LogP contribution in [0.2, 0.25) is 0 Å². The van der Waals surface area contributed by atoms with E-state index in [4.69, 9.17) is 10.6 Å². The molecule has 1 fully saturated rings. The van der Waals surface area contributed by atoms with E-state index in [2.05, 4.69) is 22.9 Å². The molecule has 2 rings (SSSR count). The van der Waals surface area contributed by atoms with Crippen LogP contribution in [0, 0.1) is 5.92 Å². The summed E-state index contributed by atoms with van der Waals surface area (Å²) in [6, 6.07) is 4.54. The molecule has 84 valence electrons. The van der Waals surface area contributed by atoms with Crippen LogP contribution in [0.3, 0.4) is 0 Å². The van der Waals surface area contributed by atoms with Gasteiger partial charge in [-0.15, -0.1) is 11.3 Å². The second-order valence-corrected chi connectivity index (χ2v) is 5.01. The van der Waals surface area contributed by atoms with Crippen molar-refractivity contribution in [1.29, 1.82) is 0 Å². The van der Waals surface area contributed by atoms with Crippen LogP contribution in [0.5, 0.6) is 0 Å². The Morgan fingerprint density at radius 1 is 1.53 bits per heavy atom. The Balaban J connectivity index is 1.90. The minimum atomic E-state index is 0.313. The molecule has 0 radical (unpaired) electrons. The second-order valence-electron chi connectivity index (χ2n) is 4.03. The van der Waals surface area contributed by atoms with Crippen molar-refractivity contribution >= 4 is 11.3 Å². The Labute approximate surface area is 94.6 Å². The summed E-state index contributed by atoms with van der Waals surface area (Å²) in [5.74, 6) is 6.36. The summed E-state index contributed by atoms with van der Waals surface area (Å²) in [6.45, 7) is 1.82. The van der Waals surface area contributed by atoms with Gasteiger partial charge in [0.2, 0.25) is 0 Å². The molecule has 4 heteroatoms. The molecular weight excluding hydrogens is 208 g/mol. The molecule has 0 bridgehead atoms. The fraction of sp³-hybridized carbons (Fsp3) is 0.636. The zero-order valence-electron chi connectivity index (χ0n) is 8.82. The van der Waals surface area contributed by atoms with Gasteiger partial charge in [0.15, 0.2) is 0 Å². The third-order valence-corrected chi connectivity index (χ3v) is 3.98. The van der Waals surface area contributed by atoms with Gasteiger partial charge in [0.25, 0.3) is 0 Å². The Morgan fingerprint density at radius 2 is 2.33 bits per heavy atom. The van der Waals surface area contributed by atoms with Crippen LogP contribution in [0.25, 0.3) is 0 Å². The first kappa shape index (κ1) is 11.1. The molecule has 0 spiro atoms. The highest BCUT2D eigenvalue weighted by Crippen LogP contribution is 2.29. The lowest BCUT2D eigenvalue weighted by Crippen LogP contribution is -2.30. The molecule has 1 aliphatic heterocycles. The fourth-order valence-electron chi connectivity index (χ4n) is 2.07. The van der Waals surface area contributed by atoms with Gasteiger partial charge >= 0.3 is 0 Å². The van der Waals surface area contributed by atoms with Crippen LogP contribution in [-0.4, -0.2) is 13.2 Å². The molecule has 2 heterocycles. The number of hydrogen-bond acceptors (Lipinski definition) is 4. The van der Waals surface area contributed by atoms with E-state index in [1.54, 1.807) is 11.3 Å². The van der Waals surface area contributed by atoms with Gasteiger partial charge in [-0.1, -0.05) is 6.07 Å². The van der Waals surface area contributed by atoms with Crippen molar-refractivity contribution in [2.45, 2.75) is 25.3 Å². The summed E-state index contributed by atoms with van der Waals surface area (Å²) >= 11 is 1.77. The van der Waals surface area contributed by atoms with Crippen LogP contribution >= 0.6 is 11.3 Å². The van der Waals surface area contributed by atoms with Crippen molar-refractivity contribution in [3.8, 4) is 0 Å². The lowest BCUT2D eigenvalue weighted by atomic mass is 9.92. The first-order chi connectivity index (χ1) is 7.40. The lowest BCUT2D eigenvalue weighted by Gasteiger charge is -2.25. The van der Waals surface area contributed by atoms with Gasteiger partial charge in [0, 0.05) is 18.1 Å². The number of nitrogens with two attached hydrogens (primary N) is 1. The second kappa shape index (κ2) is 5.61. The van der Waals surface area contributed by atoms with Gasteiger partial charge in [-0.25, -0.2) is 0 Å². The lowest BCUT2D eigenvalue weighted by molar-refractivity contribution is 0.0606. The summed E-state index contributed by atoms with van der Waals surface area (Å²) in [6.07, 6.45) is 3.47. The number of rotatable bonds is 4. The summed E-state index contributed by atoms with van der Waals surface area (Å²) in [5, 5.41) is 2.10. The maximum atomic E-state index is 5.61. The van der Waals surface area contributed by atoms with E-state index in [0.717, 1.165) is 25.6 Å². The van der Waals surface area contributed by atoms with E-state index in [1.165, 1.54) is 17.7 Å². The van der Waals surface area contributed by atoms with Crippen molar-refractivity contribution in [2.75, 3.05) is 13.2 Å². The maximum absolute atomic E-state index is 5.61. The largest absolute Gasteiger partial charge is 0.381 e. The molecule has 0 saturated carbocycles. The molecule has 1 unspecified atom stereocenters. The monoisotopic (exact) mass is 226 g/mol. The molecule has 0 amide bonds. The molecule has 1 aromatic rings. The van der Waals surface area contributed by atoms with Crippen molar-refractivity contribution in [2.24, 2.45) is 11.8 Å². The van der Waals surface area contributed by atoms with E-state index in [1.807, 2.05) is 0 Å². The average Bonchev–Trinajstić information content (AvgIpc) is 2.81. The molecule has 1 aliphatic rings. The summed E-state index contributed by atoms with van der Waals surface area (Å²) in [7, 11) is 0. The highest BCUT2D eigenvalue weighted by Gasteiger charge is 2.20. The summed E-state index contributed by atoms with van der Waals surface area (Å²) in [4.78, 5) is 1.34. The van der Waals surface area contributed by atoms with Gasteiger partial charge in [-0.05, 0) is 36.6 Å². The normalized spacial score (nSPS) is 20.3. The van der Waals surface area contributed by atoms with Gasteiger partial charge in [-0.2, -0.15) is 0 Å². The highest BCUT2D eigenvalue weighted by molar-refractivity contribution is 7.10. The van der Waals surface area contributed by atoms with Gasteiger partial charge in [0.05, 0.1) is 6.04 Å². The molecule has 0 aliphatic carbocycles. The number of thiophene rings is 1. The van der Waals surface area contributed by atoms with Crippen LogP contribution in [0.1, 0.15) is 30.2 Å². The summed E-state index contributed by atoms with van der Waals surface area (Å²) < 4.78 is 5.36. The number of hydrazine groups is 1. The van der Waals surface area contributed by atoms with Gasteiger partial charge in [-0.3, -0.25) is 11.3 Å². The zero-order chi connectivity index (χ0) is 10.5. The number of hydrogen-bond donors (Lipinski definition) is 2. The molecule has 1 atom stereocenters. The zero-order valence-corrected chi connectivity index (χ0v) is 9.63. The average molecular weight is 226 g/mol. The Bertz CT molecular complexity index is 270. The first-order valence-electron chi connectivity index (χ1n) is 5.47. The van der Waals surface area contributed by atoms with Crippen LogP contribution in [0.4, 0.5) is 0 Å². The Hall–Kier alpha value is -0.420. The molecule has 1 saturated heterocycles. The van der Waals surface area contributed by atoms with Crippen LogP contribution in [-0.2, 0) is 4.74 Å². The van der Waals surface area contributed by atoms with Crippen molar-refractivity contribution in [3.63, 3.8) is 0 Å². The van der Waals surface area contributed by atoms with E-state index in [0.29, 0.717) is 6.04 Å². The summed E-state index contributed by atoms with van der Waals surface area (Å²) in [5.41, 5.74) is 2.92. The van der Waals surface area contributed by atoms with Gasteiger partial charge < -0.3 is 4.74 Å². The quantitative estimate of drug-likeness (QED) is 0.610. The standard InChI is InChI=1S/C11H18N2OS/c12-13-10(11-2-1-7-15-11)8-9-3-5-14-6-4-9/h1-2,7,9-10,13H,3-6,8,12H2. The van der Waals surface area contributed by atoms with Crippen molar-refractivity contribution < 1.29 is 4.74 Å². The Kier molecular flexibility index (Phi) is 4.14. The van der Waals surface area contributed by atoms with E-state index >= 15 is 0 Å². The number of ether oxygens (including phenoxy) is 1. The third kappa shape index (κ3) is 3.01. The predicted octanol–water partition coefficient (Wildman–Crippen LogP) is 2.07. The minimum absolute atomic E-state index is 0.313. The highest BCUT2D eigenvalue weighted by atomic mass is 32.1. The smallest absolute Gasteiger partial charge is 0.0555 e. The number of nitrogens with one attached hydrogen (secondary N) is 1. The van der Waals surface area contributed by atoms with Crippen molar-refractivity contribution in [3.05, 3.63) is 22.4 Å². The Morgan fingerprint density at radius 3 is 2.93 bits per heavy atom. The molecule has 15 heavy (non-hydrogen) atoms. The van der Waals surface area contributed by atoms with E-state index in [-0.39, 0.29) is 0 Å². The first-order valence-corrected chi connectivity index (χ1v) is 6.35. The molecule has 1 aromatic heterocycles. The minimum Gasteiger partial charge on any atom is -0.381 e. The van der Waals surface area contributed by atoms with E-state index < -0.39 is 0 Å². The van der Waals surface area contributed by atoms with Gasteiger partial charge in [0.1, 0.15) is 0 Å². The van der Waals surface area contributed by atoms with Crippen LogP contribution in [0.15, 0.2) is 17.5 Å². The van der Waals surface area contributed by atoms with E-state index in [9.17, 15) is 0 Å². The molecule has 3 N–H and O–H groups in total. The van der Waals surface area contributed by atoms with Crippen molar-refractivity contribution in [1.82, 2.24) is 5.43 Å². The van der Waals surface area contributed by atoms with Crippen LogP contribution < -0.4 is 11.3 Å². The molecular formula is C11H18N2OS. The predicted molar refractivity (Wildman–Crippen MR) is 62.5 cm³/mol. The topological polar surface area (TPSA) is 47.3 Å². The third-order valence-electron chi connectivity index (χ3n) is 3.00. The fourth-order valence-corrected chi connectivity index (χ4v) is 2.87. The SMILES string of the molecule is NNC(CC1CCOCC1)c1cccs1.